The number of hydrogen-bond acceptors (Lipinski definition) is 5. The van der Waals surface area contributed by atoms with Crippen molar-refractivity contribution in [3.05, 3.63) is 28.8 Å². The Morgan fingerprint density at radius 3 is 2.65 bits per heavy atom. The number of methoxy groups -OCH3 is 2. The molecule has 0 radical (unpaired) electrons. The average molecular weight is 302 g/mol. The number of ether oxygens (including phenoxy) is 2. The highest BCUT2D eigenvalue weighted by molar-refractivity contribution is 6.31. The molecule has 0 saturated carbocycles. The molecule has 2 rings (SSSR count). The number of nitrogens with zero attached hydrogens (tertiary/aromatic N) is 1. The van der Waals surface area contributed by atoms with E-state index in [1.54, 1.807) is 18.2 Å². The fourth-order valence-corrected chi connectivity index (χ4v) is 2.82. The number of phenols is 1. The van der Waals surface area contributed by atoms with Crippen molar-refractivity contribution in [2.75, 3.05) is 27.3 Å². The van der Waals surface area contributed by atoms with Gasteiger partial charge in [0, 0.05) is 50.9 Å². The SMILES string of the molecule is COC1(OC)CCN(Cc2c(O)cccc2Cl)CC1O. The molecule has 1 unspecified atom stereocenters. The van der Waals surface area contributed by atoms with Gasteiger partial charge in [-0.15, -0.1) is 0 Å². The molecule has 1 heterocycles. The lowest BCUT2D eigenvalue weighted by Crippen LogP contribution is -2.57. The Morgan fingerprint density at radius 1 is 1.40 bits per heavy atom. The van der Waals surface area contributed by atoms with Crippen LogP contribution >= 0.6 is 11.6 Å². The second-order valence-electron chi connectivity index (χ2n) is 4.96. The third-order valence-electron chi connectivity index (χ3n) is 3.88. The predicted molar refractivity (Wildman–Crippen MR) is 75.8 cm³/mol. The van der Waals surface area contributed by atoms with E-state index in [-0.39, 0.29) is 5.75 Å². The summed E-state index contributed by atoms with van der Waals surface area (Å²) >= 11 is 6.10. The summed E-state index contributed by atoms with van der Waals surface area (Å²) in [5.74, 6) is -0.777. The Kier molecular flexibility index (Phi) is 4.88. The Balaban J connectivity index is 2.07. The van der Waals surface area contributed by atoms with Gasteiger partial charge in [0.2, 0.25) is 0 Å². The van der Waals surface area contributed by atoms with Gasteiger partial charge in [0.25, 0.3) is 0 Å². The van der Waals surface area contributed by atoms with Gasteiger partial charge in [-0.25, -0.2) is 0 Å². The van der Waals surface area contributed by atoms with Crippen LogP contribution in [0.1, 0.15) is 12.0 Å². The van der Waals surface area contributed by atoms with Crippen LogP contribution in [0.5, 0.6) is 5.75 Å². The quantitative estimate of drug-likeness (QED) is 0.827. The molecule has 1 aromatic carbocycles. The molecule has 1 aliphatic rings. The van der Waals surface area contributed by atoms with Gasteiger partial charge in [0.15, 0.2) is 5.79 Å². The summed E-state index contributed by atoms with van der Waals surface area (Å²) in [6.45, 7) is 1.56. The zero-order valence-corrected chi connectivity index (χ0v) is 12.4. The van der Waals surface area contributed by atoms with Gasteiger partial charge in [0.1, 0.15) is 11.9 Å². The first kappa shape index (κ1) is 15.5. The van der Waals surface area contributed by atoms with E-state index < -0.39 is 11.9 Å². The highest BCUT2D eigenvalue weighted by atomic mass is 35.5. The molecule has 0 amide bonds. The highest BCUT2D eigenvalue weighted by Gasteiger charge is 2.43. The summed E-state index contributed by atoms with van der Waals surface area (Å²) in [4.78, 5) is 2.02. The van der Waals surface area contributed by atoms with Crippen LogP contribution in [0, 0.1) is 0 Å². The van der Waals surface area contributed by atoms with E-state index in [0.29, 0.717) is 36.6 Å². The van der Waals surface area contributed by atoms with Crippen molar-refractivity contribution >= 4 is 11.6 Å². The number of benzene rings is 1. The maximum absolute atomic E-state index is 10.2. The Hall–Kier alpha value is -0.850. The molecule has 1 fully saturated rings. The third-order valence-corrected chi connectivity index (χ3v) is 4.24. The van der Waals surface area contributed by atoms with Crippen molar-refractivity contribution in [3.63, 3.8) is 0 Å². The molecule has 20 heavy (non-hydrogen) atoms. The summed E-state index contributed by atoms with van der Waals surface area (Å²) in [6.07, 6.45) is -0.206. The van der Waals surface area contributed by atoms with Crippen molar-refractivity contribution in [2.45, 2.75) is 24.9 Å². The molecule has 0 spiro atoms. The zero-order chi connectivity index (χ0) is 14.8. The molecule has 1 aliphatic heterocycles. The molecular weight excluding hydrogens is 282 g/mol. The van der Waals surface area contributed by atoms with E-state index in [4.69, 9.17) is 21.1 Å². The van der Waals surface area contributed by atoms with Crippen LogP contribution in [-0.2, 0) is 16.0 Å². The number of aliphatic hydroxyl groups is 1. The van der Waals surface area contributed by atoms with E-state index in [9.17, 15) is 10.2 Å². The Labute approximate surface area is 123 Å². The number of aromatic hydroxyl groups is 1. The Morgan fingerprint density at radius 2 is 2.10 bits per heavy atom. The van der Waals surface area contributed by atoms with Crippen molar-refractivity contribution < 1.29 is 19.7 Å². The summed E-state index contributed by atoms with van der Waals surface area (Å²) in [5, 5.41) is 20.6. The monoisotopic (exact) mass is 301 g/mol. The average Bonchev–Trinajstić information content (AvgIpc) is 2.44. The van der Waals surface area contributed by atoms with Gasteiger partial charge in [-0.2, -0.15) is 0 Å². The second kappa shape index (κ2) is 6.28. The molecule has 2 N–H and O–H groups in total. The highest BCUT2D eigenvalue weighted by Crippen LogP contribution is 2.31. The van der Waals surface area contributed by atoms with Gasteiger partial charge in [0.05, 0.1) is 0 Å². The predicted octanol–water partition coefficient (Wildman–Crippen LogP) is 1.60. The van der Waals surface area contributed by atoms with E-state index in [1.807, 2.05) is 4.90 Å². The van der Waals surface area contributed by atoms with Crippen molar-refractivity contribution in [1.29, 1.82) is 0 Å². The van der Waals surface area contributed by atoms with Crippen molar-refractivity contribution in [2.24, 2.45) is 0 Å². The lowest BCUT2D eigenvalue weighted by Gasteiger charge is -2.43. The summed E-state index contributed by atoms with van der Waals surface area (Å²) < 4.78 is 10.6. The largest absolute Gasteiger partial charge is 0.508 e. The first-order valence-electron chi connectivity index (χ1n) is 6.49. The van der Waals surface area contributed by atoms with Crippen LogP contribution in [0.2, 0.25) is 5.02 Å². The first-order valence-corrected chi connectivity index (χ1v) is 6.87. The van der Waals surface area contributed by atoms with Crippen LogP contribution in [0.3, 0.4) is 0 Å². The number of hydrogen-bond donors (Lipinski definition) is 2. The maximum Gasteiger partial charge on any atom is 0.196 e. The number of piperidine rings is 1. The van der Waals surface area contributed by atoms with Crippen LogP contribution in [0.4, 0.5) is 0 Å². The number of halogens is 1. The van der Waals surface area contributed by atoms with Crippen LogP contribution in [0.15, 0.2) is 18.2 Å². The summed E-state index contributed by atoms with van der Waals surface area (Å²) in [5.41, 5.74) is 0.670. The smallest absolute Gasteiger partial charge is 0.196 e. The number of aliphatic hydroxyl groups excluding tert-OH is 1. The number of rotatable bonds is 4. The van der Waals surface area contributed by atoms with E-state index >= 15 is 0 Å². The molecule has 0 aromatic heterocycles. The van der Waals surface area contributed by atoms with Crippen molar-refractivity contribution in [1.82, 2.24) is 4.90 Å². The summed E-state index contributed by atoms with van der Waals surface area (Å²) in [6, 6.07) is 5.05. The van der Waals surface area contributed by atoms with Crippen LogP contribution in [-0.4, -0.2) is 54.3 Å². The molecule has 0 bridgehead atoms. The second-order valence-corrected chi connectivity index (χ2v) is 5.37. The number of likely N-dealkylation sites (tertiary alicyclic amines) is 1. The minimum atomic E-state index is -0.945. The molecule has 1 saturated heterocycles. The van der Waals surface area contributed by atoms with Crippen LogP contribution < -0.4 is 0 Å². The molecule has 1 aromatic rings. The lowest BCUT2D eigenvalue weighted by atomic mass is 9.99. The minimum absolute atomic E-state index is 0.169. The summed E-state index contributed by atoms with van der Waals surface area (Å²) in [7, 11) is 3.06. The normalized spacial score (nSPS) is 22.9. The number of β-amino-alcohol motifs (C(OH)–C–C–N with tert-alkyl or cyclic N) is 1. The molecule has 0 aliphatic carbocycles. The zero-order valence-electron chi connectivity index (χ0n) is 11.7. The number of phenolic OH excluding ortho intramolecular Hbond substituents is 1. The van der Waals surface area contributed by atoms with Gasteiger partial charge in [-0.1, -0.05) is 17.7 Å². The fraction of sp³-hybridized carbons (Fsp3) is 0.571. The maximum atomic E-state index is 10.2. The fourth-order valence-electron chi connectivity index (χ4n) is 2.59. The Bertz CT molecular complexity index is 444. The minimum Gasteiger partial charge on any atom is -0.508 e. The third kappa shape index (κ3) is 2.92. The topological polar surface area (TPSA) is 62.2 Å². The van der Waals surface area contributed by atoms with Gasteiger partial charge in [-0.3, -0.25) is 4.90 Å². The first-order chi connectivity index (χ1) is 9.52. The van der Waals surface area contributed by atoms with E-state index in [1.165, 1.54) is 14.2 Å². The van der Waals surface area contributed by atoms with Crippen molar-refractivity contribution in [3.8, 4) is 5.75 Å². The molecular formula is C14H20ClNO4. The van der Waals surface area contributed by atoms with Gasteiger partial charge >= 0.3 is 0 Å². The van der Waals surface area contributed by atoms with E-state index in [0.717, 1.165) is 0 Å². The molecule has 5 nitrogen and oxygen atoms in total. The molecule has 112 valence electrons. The lowest BCUT2D eigenvalue weighted by molar-refractivity contribution is -0.279. The van der Waals surface area contributed by atoms with Gasteiger partial charge in [-0.05, 0) is 12.1 Å². The molecule has 6 heteroatoms. The molecule has 1 atom stereocenters. The van der Waals surface area contributed by atoms with Crippen LogP contribution in [0.25, 0.3) is 0 Å². The van der Waals surface area contributed by atoms with Gasteiger partial charge < -0.3 is 19.7 Å². The standard InChI is InChI=1S/C14H20ClNO4/c1-19-14(20-2)6-7-16(9-13(14)18)8-10-11(15)4-3-5-12(10)17/h3-5,13,17-18H,6-9H2,1-2H3. The van der Waals surface area contributed by atoms with E-state index in [2.05, 4.69) is 0 Å².